The van der Waals surface area contributed by atoms with Crippen LogP contribution < -0.4 is 10.3 Å². The highest BCUT2D eigenvalue weighted by atomic mass is 32.1. The Morgan fingerprint density at radius 3 is 2.90 bits per heavy atom. The average molecular weight is 312 g/mol. The van der Waals surface area contributed by atoms with Crippen LogP contribution >= 0.6 is 12.2 Å². The van der Waals surface area contributed by atoms with Crippen LogP contribution in [0.4, 0.5) is 8.78 Å². The molecule has 0 saturated heterocycles. The summed E-state index contributed by atoms with van der Waals surface area (Å²) in [6, 6.07) is 6.06. The Bertz CT molecular complexity index is 785. The molecule has 110 valence electrons. The second-order valence-corrected chi connectivity index (χ2v) is 4.28. The summed E-state index contributed by atoms with van der Waals surface area (Å²) in [4.78, 5) is 11.8. The van der Waals surface area contributed by atoms with Gasteiger partial charge in [0.2, 0.25) is 4.77 Å². The number of hydrogen-bond donors (Lipinski definition) is 1. The predicted octanol–water partition coefficient (Wildman–Crippen LogP) is 2.09. The minimum Gasteiger partial charge on any atom is -0.434 e. The van der Waals surface area contributed by atoms with Gasteiger partial charge in [0.05, 0.1) is 6.21 Å². The summed E-state index contributed by atoms with van der Waals surface area (Å²) in [6.07, 6.45) is 1.21. The molecule has 0 saturated carbocycles. The smallest absolute Gasteiger partial charge is 0.387 e. The molecular formula is C12H10F2N4O2S. The Morgan fingerprint density at radius 1 is 1.48 bits per heavy atom. The molecule has 0 fully saturated rings. The first-order valence-electron chi connectivity index (χ1n) is 5.75. The normalized spacial score (nSPS) is 11.2. The van der Waals surface area contributed by atoms with Crippen LogP contribution in [-0.2, 0) is 0 Å². The van der Waals surface area contributed by atoms with Crippen LogP contribution in [0.15, 0.2) is 34.2 Å². The van der Waals surface area contributed by atoms with Crippen LogP contribution in [-0.4, -0.2) is 27.7 Å². The van der Waals surface area contributed by atoms with Crippen molar-refractivity contribution in [2.45, 2.75) is 13.5 Å². The van der Waals surface area contributed by atoms with Gasteiger partial charge in [-0.2, -0.15) is 23.7 Å². The van der Waals surface area contributed by atoms with Gasteiger partial charge in [0, 0.05) is 5.56 Å². The van der Waals surface area contributed by atoms with Crippen molar-refractivity contribution in [3.8, 4) is 5.75 Å². The fourth-order valence-electron chi connectivity index (χ4n) is 1.49. The number of halogens is 2. The van der Waals surface area contributed by atoms with E-state index < -0.39 is 12.2 Å². The minimum atomic E-state index is -2.95. The zero-order valence-electron chi connectivity index (χ0n) is 10.8. The van der Waals surface area contributed by atoms with E-state index in [1.54, 1.807) is 12.1 Å². The lowest BCUT2D eigenvalue weighted by atomic mass is 10.2. The summed E-state index contributed by atoms with van der Waals surface area (Å²) in [7, 11) is 0. The summed E-state index contributed by atoms with van der Waals surface area (Å²) in [5, 5.41) is 10.0. The Hall–Kier alpha value is -2.42. The van der Waals surface area contributed by atoms with Crippen molar-refractivity contribution in [2.24, 2.45) is 5.10 Å². The van der Waals surface area contributed by atoms with Crippen LogP contribution in [0.5, 0.6) is 5.75 Å². The third-order valence-electron chi connectivity index (χ3n) is 2.46. The number of para-hydroxylation sites is 1. The molecule has 21 heavy (non-hydrogen) atoms. The first-order valence-corrected chi connectivity index (χ1v) is 6.16. The van der Waals surface area contributed by atoms with E-state index in [-0.39, 0.29) is 21.8 Å². The van der Waals surface area contributed by atoms with Gasteiger partial charge in [-0.3, -0.25) is 9.89 Å². The van der Waals surface area contributed by atoms with E-state index >= 15 is 0 Å². The van der Waals surface area contributed by atoms with Crippen LogP contribution in [0.25, 0.3) is 0 Å². The number of hydrogen-bond acceptors (Lipinski definition) is 5. The third-order valence-corrected chi connectivity index (χ3v) is 2.73. The molecule has 9 heteroatoms. The lowest BCUT2D eigenvalue weighted by Crippen LogP contribution is -2.22. The van der Waals surface area contributed by atoms with E-state index in [9.17, 15) is 13.6 Å². The van der Waals surface area contributed by atoms with Gasteiger partial charge in [-0.25, -0.2) is 0 Å². The lowest BCUT2D eigenvalue weighted by Gasteiger charge is -2.07. The number of H-pyrrole nitrogens is 1. The van der Waals surface area contributed by atoms with Gasteiger partial charge >= 0.3 is 6.61 Å². The molecule has 0 spiro atoms. The van der Waals surface area contributed by atoms with Crippen LogP contribution in [0.2, 0.25) is 0 Å². The predicted molar refractivity (Wildman–Crippen MR) is 74.5 cm³/mol. The molecule has 0 atom stereocenters. The molecule has 0 aliphatic rings. The molecule has 0 amide bonds. The molecular weight excluding hydrogens is 302 g/mol. The van der Waals surface area contributed by atoms with Crippen molar-refractivity contribution in [3.05, 3.63) is 50.6 Å². The molecule has 2 rings (SSSR count). The fraction of sp³-hybridized carbons (Fsp3) is 0.167. The lowest BCUT2D eigenvalue weighted by molar-refractivity contribution is -0.0499. The van der Waals surface area contributed by atoms with Gasteiger partial charge in [-0.05, 0) is 31.3 Å². The van der Waals surface area contributed by atoms with E-state index in [4.69, 9.17) is 12.2 Å². The molecule has 2 aromatic rings. The highest BCUT2D eigenvalue weighted by Gasteiger charge is 2.08. The molecule has 0 aliphatic heterocycles. The van der Waals surface area contributed by atoms with Crippen molar-refractivity contribution in [1.29, 1.82) is 0 Å². The summed E-state index contributed by atoms with van der Waals surface area (Å²) >= 11 is 4.90. The molecule has 0 unspecified atom stereocenters. The van der Waals surface area contributed by atoms with Gasteiger partial charge in [0.15, 0.2) is 0 Å². The number of ether oxygens (including phenoxy) is 1. The van der Waals surface area contributed by atoms with Gasteiger partial charge < -0.3 is 4.74 Å². The van der Waals surface area contributed by atoms with Gasteiger partial charge in [0.1, 0.15) is 11.4 Å². The maximum absolute atomic E-state index is 12.3. The molecule has 0 bridgehead atoms. The van der Waals surface area contributed by atoms with E-state index in [0.29, 0.717) is 0 Å². The maximum Gasteiger partial charge on any atom is 0.387 e. The summed E-state index contributed by atoms with van der Waals surface area (Å²) < 4.78 is 29.9. The van der Waals surface area contributed by atoms with Crippen LogP contribution in [0, 0.1) is 11.7 Å². The zero-order valence-corrected chi connectivity index (χ0v) is 11.6. The number of benzene rings is 1. The number of aromatic amines is 1. The summed E-state index contributed by atoms with van der Waals surface area (Å²) in [6.45, 7) is -1.46. The number of aromatic nitrogens is 3. The number of nitrogens with one attached hydrogen (secondary N) is 1. The largest absolute Gasteiger partial charge is 0.434 e. The zero-order chi connectivity index (χ0) is 15.4. The standard InChI is InChI=1S/C12H10F2N4O2S/c1-7-10(19)18(12(21)17-16-7)15-6-8-4-2-3-5-9(8)20-11(13)14/h2-6,11H,1H3,(H,17,21). The SMILES string of the molecule is Cc1n[nH]c(=S)n(N=Cc2ccccc2OC(F)F)c1=O. The number of aryl methyl sites for hydroxylation is 1. The van der Waals surface area contributed by atoms with Crippen molar-refractivity contribution < 1.29 is 13.5 Å². The van der Waals surface area contributed by atoms with Gasteiger partial charge in [-0.1, -0.05) is 12.1 Å². The fourth-order valence-corrected chi connectivity index (χ4v) is 1.66. The Morgan fingerprint density at radius 2 is 2.19 bits per heavy atom. The quantitative estimate of drug-likeness (QED) is 0.693. The third kappa shape index (κ3) is 3.57. The highest BCUT2D eigenvalue weighted by molar-refractivity contribution is 7.71. The Balaban J connectivity index is 2.41. The number of rotatable bonds is 4. The van der Waals surface area contributed by atoms with Crippen molar-refractivity contribution in [1.82, 2.24) is 14.9 Å². The van der Waals surface area contributed by atoms with E-state index in [1.807, 2.05) is 0 Å². The first-order chi connectivity index (χ1) is 9.99. The van der Waals surface area contributed by atoms with Crippen molar-refractivity contribution in [2.75, 3.05) is 0 Å². The van der Waals surface area contributed by atoms with E-state index in [1.165, 1.54) is 25.3 Å². The van der Waals surface area contributed by atoms with Gasteiger partial charge in [0.25, 0.3) is 5.56 Å². The first kappa shape index (κ1) is 15.0. The molecule has 1 heterocycles. The summed E-state index contributed by atoms with van der Waals surface area (Å²) in [5.74, 6) is -0.0509. The highest BCUT2D eigenvalue weighted by Crippen LogP contribution is 2.18. The molecule has 1 aromatic heterocycles. The van der Waals surface area contributed by atoms with Gasteiger partial charge in [-0.15, -0.1) is 0 Å². The molecule has 1 aromatic carbocycles. The minimum absolute atomic E-state index is 0.00545. The molecule has 6 nitrogen and oxygen atoms in total. The number of nitrogens with zero attached hydrogens (tertiary/aromatic N) is 3. The second-order valence-electron chi connectivity index (χ2n) is 3.89. The van der Waals surface area contributed by atoms with E-state index in [2.05, 4.69) is 20.0 Å². The van der Waals surface area contributed by atoms with Crippen molar-refractivity contribution >= 4 is 18.4 Å². The number of alkyl halides is 2. The topological polar surface area (TPSA) is 72.3 Å². The second kappa shape index (κ2) is 6.35. The molecule has 0 radical (unpaired) electrons. The van der Waals surface area contributed by atoms with E-state index in [0.717, 1.165) is 4.68 Å². The van der Waals surface area contributed by atoms with Crippen LogP contribution in [0.3, 0.4) is 0 Å². The van der Waals surface area contributed by atoms with Crippen molar-refractivity contribution in [3.63, 3.8) is 0 Å². The Labute approximate surface area is 122 Å². The molecule has 1 N–H and O–H groups in total. The molecule has 0 aliphatic carbocycles. The summed E-state index contributed by atoms with van der Waals surface area (Å²) in [5.41, 5.74) is -0.0336. The maximum atomic E-state index is 12.3. The monoisotopic (exact) mass is 312 g/mol. The Kier molecular flexibility index (Phi) is 4.53. The average Bonchev–Trinajstić information content (AvgIpc) is 2.44. The van der Waals surface area contributed by atoms with Crippen LogP contribution in [0.1, 0.15) is 11.3 Å².